The molecule has 0 fully saturated rings. The molecule has 4 rings (SSSR count). The quantitative estimate of drug-likeness (QED) is 0.489. The molecule has 4 aromatic rings. The number of nitrogens with zero attached hydrogens (tertiary/aromatic N) is 2. The molecular formula is C21H16BrN3O2S. The highest BCUT2D eigenvalue weighted by atomic mass is 79.9. The summed E-state index contributed by atoms with van der Waals surface area (Å²) in [6, 6.07) is 24.2. The van der Waals surface area contributed by atoms with Crippen molar-refractivity contribution < 1.29 is 8.42 Å². The second-order valence-corrected chi connectivity index (χ2v) is 8.67. The number of primary sulfonamides is 1. The van der Waals surface area contributed by atoms with E-state index in [0.717, 1.165) is 26.9 Å². The van der Waals surface area contributed by atoms with Crippen molar-refractivity contribution in [2.24, 2.45) is 5.14 Å². The molecule has 2 N–H and O–H groups in total. The van der Waals surface area contributed by atoms with Crippen molar-refractivity contribution in [3.63, 3.8) is 0 Å². The molecule has 0 aliphatic carbocycles. The largest absolute Gasteiger partial charge is 0.240 e. The molecule has 1 aromatic heterocycles. The smallest absolute Gasteiger partial charge is 0.238 e. The zero-order valence-corrected chi connectivity index (χ0v) is 17.1. The van der Waals surface area contributed by atoms with Crippen molar-refractivity contribution >= 4 is 26.0 Å². The van der Waals surface area contributed by atoms with Gasteiger partial charge in [-0.2, -0.15) is 5.10 Å². The molecule has 0 bridgehead atoms. The summed E-state index contributed by atoms with van der Waals surface area (Å²) in [5, 5.41) is 10.1. The monoisotopic (exact) mass is 453 g/mol. The van der Waals surface area contributed by atoms with E-state index in [1.165, 1.54) is 6.07 Å². The highest BCUT2D eigenvalue weighted by Gasteiger charge is 2.19. The number of halogens is 1. The summed E-state index contributed by atoms with van der Waals surface area (Å²) in [5.41, 5.74) is 3.94. The lowest BCUT2D eigenvalue weighted by Gasteiger charge is -2.07. The van der Waals surface area contributed by atoms with Crippen LogP contribution in [0.15, 0.2) is 94.4 Å². The van der Waals surface area contributed by atoms with E-state index in [4.69, 9.17) is 10.2 Å². The maximum Gasteiger partial charge on any atom is 0.240 e. The van der Waals surface area contributed by atoms with E-state index in [1.54, 1.807) is 22.9 Å². The summed E-state index contributed by atoms with van der Waals surface area (Å²) >= 11 is 3.51. The Morgan fingerprint density at radius 3 is 2.25 bits per heavy atom. The Kier molecular flexibility index (Phi) is 4.89. The van der Waals surface area contributed by atoms with Crippen molar-refractivity contribution in [2.75, 3.05) is 0 Å². The first kappa shape index (κ1) is 18.6. The van der Waals surface area contributed by atoms with Crippen LogP contribution < -0.4 is 5.14 Å². The van der Waals surface area contributed by atoms with Gasteiger partial charge in [-0.25, -0.2) is 18.2 Å². The van der Waals surface area contributed by atoms with Gasteiger partial charge in [0.2, 0.25) is 10.0 Å². The number of aromatic nitrogens is 2. The summed E-state index contributed by atoms with van der Waals surface area (Å²) in [6.07, 6.45) is 1.83. The van der Waals surface area contributed by atoms with Crippen molar-refractivity contribution in [1.29, 1.82) is 0 Å². The molecule has 0 amide bonds. The van der Waals surface area contributed by atoms with Crippen LogP contribution in [0.2, 0.25) is 0 Å². The first-order valence-electron chi connectivity index (χ1n) is 8.47. The van der Waals surface area contributed by atoms with Gasteiger partial charge in [-0.15, -0.1) is 0 Å². The molecule has 0 saturated heterocycles. The van der Waals surface area contributed by atoms with Gasteiger partial charge in [-0.05, 0) is 29.8 Å². The molecule has 0 spiro atoms. The Morgan fingerprint density at radius 1 is 0.857 bits per heavy atom. The Hall–Kier alpha value is -2.74. The molecule has 0 radical (unpaired) electrons. The number of para-hydroxylation sites is 1. The van der Waals surface area contributed by atoms with Gasteiger partial charge in [-0.3, -0.25) is 0 Å². The minimum atomic E-state index is -3.89. The zero-order chi connectivity index (χ0) is 19.7. The molecule has 0 aliphatic heterocycles. The third-order valence-electron chi connectivity index (χ3n) is 4.32. The summed E-state index contributed by atoms with van der Waals surface area (Å²) in [6.45, 7) is 0. The molecule has 0 unspecified atom stereocenters. The van der Waals surface area contributed by atoms with Gasteiger partial charge >= 0.3 is 0 Å². The maximum absolute atomic E-state index is 12.0. The highest BCUT2D eigenvalue weighted by Crippen LogP contribution is 2.34. The van der Waals surface area contributed by atoms with Gasteiger partial charge in [0.15, 0.2) is 0 Å². The lowest BCUT2D eigenvalue weighted by atomic mass is 10.0. The van der Waals surface area contributed by atoms with Gasteiger partial charge in [-0.1, -0.05) is 70.5 Å². The van der Waals surface area contributed by atoms with Crippen LogP contribution >= 0.6 is 15.9 Å². The summed E-state index contributed by atoms with van der Waals surface area (Å²) in [4.78, 5) is 0.0258. The summed E-state index contributed by atoms with van der Waals surface area (Å²) < 4.78 is 26.6. The van der Waals surface area contributed by atoms with Crippen LogP contribution in [0.3, 0.4) is 0 Å². The van der Waals surface area contributed by atoms with E-state index in [-0.39, 0.29) is 4.90 Å². The van der Waals surface area contributed by atoms with Crippen molar-refractivity contribution in [3.8, 4) is 28.1 Å². The van der Waals surface area contributed by atoms with Crippen LogP contribution in [-0.4, -0.2) is 18.2 Å². The Morgan fingerprint density at radius 2 is 1.54 bits per heavy atom. The first-order chi connectivity index (χ1) is 13.4. The van der Waals surface area contributed by atoms with Crippen molar-refractivity contribution in [1.82, 2.24) is 9.78 Å². The standard InChI is InChI=1S/C21H16BrN3O2S/c22-17-10-6-9-16(13-17)18-14-25(24-21(18)15-7-2-1-3-8-15)19-11-4-5-12-20(19)28(23,26)27/h1-14H,(H2,23,26,27). The van der Waals surface area contributed by atoms with E-state index in [0.29, 0.717) is 5.69 Å². The van der Waals surface area contributed by atoms with E-state index < -0.39 is 10.0 Å². The fourth-order valence-corrected chi connectivity index (χ4v) is 4.18. The Balaban J connectivity index is 1.98. The third-order valence-corrected chi connectivity index (χ3v) is 5.77. The molecule has 0 aliphatic rings. The van der Waals surface area contributed by atoms with Crippen molar-refractivity contribution in [3.05, 3.63) is 89.5 Å². The number of benzene rings is 3. The Labute approximate surface area is 171 Å². The Bertz CT molecular complexity index is 1250. The van der Waals surface area contributed by atoms with E-state index in [9.17, 15) is 8.42 Å². The molecule has 0 saturated carbocycles. The second kappa shape index (κ2) is 7.35. The average molecular weight is 454 g/mol. The summed E-state index contributed by atoms with van der Waals surface area (Å²) in [5.74, 6) is 0. The number of hydrogen-bond donors (Lipinski definition) is 1. The van der Waals surface area contributed by atoms with Gasteiger partial charge < -0.3 is 0 Å². The van der Waals surface area contributed by atoms with Crippen LogP contribution in [0.1, 0.15) is 0 Å². The third kappa shape index (κ3) is 3.64. The minimum absolute atomic E-state index is 0.0258. The van der Waals surface area contributed by atoms with Crippen LogP contribution in [0.25, 0.3) is 28.1 Å². The molecule has 5 nitrogen and oxygen atoms in total. The van der Waals surface area contributed by atoms with Crippen LogP contribution in [0.5, 0.6) is 0 Å². The molecule has 0 atom stereocenters. The number of rotatable bonds is 4. The highest BCUT2D eigenvalue weighted by molar-refractivity contribution is 9.10. The minimum Gasteiger partial charge on any atom is -0.238 e. The SMILES string of the molecule is NS(=O)(=O)c1ccccc1-n1cc(-c2cccc(Br)c2)c(-c2ccccc2)n1. The predicted molar refractivity (Wildman–Crippen MR) is 114 cm³/mol. The fraction of sp³-hybridized carbons (Fsp3) is 0. The van der Waals surface area contributed by atoms with E-state index >= 15 is 0 Å². The molecule has 7 heteroatoms. The molecule has 140 valence electrons. The summed E-state index contributed by atoms with van der Waals surface area (Å²) in [7, 11) is -3.89. The van der Waals surface area contributed by atoms with Gasteiger partial charge in [0.25, 0.3) is 0 Å². The van der Waals surface area contributed by atoms with Gasteiger partial charge in [0, 0.05) is 21.8 Å². The number of hydrogen-bond acceptors (Lipinski definition) is 3. The fourth-order valence-electron chi connectivity index (χ4n) is 3.06. The number of nitrogens with two attached hydrogens (primary N) is 1. The van der Waals surface area contributed by atoms with Crippen LogP contribution in [-0.2, 0) is 10.0 Å². The molecule has 28 heavy (non-hydrogen) atoms. The van der Waals surface area contributed by atoms with Crippen molar-refractivity contribution in [2.45, 2.75) is 4.90 Å². The molecular weight excluding hydrogens is 438 g/mol. The average Bonchev–Trinajstić information content (AvgIpc) is 3.13. The normalized spacial score (nSPS) is 11.5. The molecule has 3 aromatic carbocycles. The van der Waals surface area contributed by atoms with E-state index in [2.05, 4.69) is 15.9 Å². The van der Waals surface area contributed by atoms with E-state index in [1.807, 2.05) is 60.8 Å². The lowest BCUT2D eigenvalue weighted by Crippen LogP contribution is -2.15. The zero-order valence-electron chi connectivity index (χ0n) is 14.7. The number of sulfonamides is 1. The maximum atomic E-state index is 12.0. The van der Waals surface area contributed by atoms with Gasteiger partial charge in [0.1, 0.15) is 10.6 Å². The second-order valence-electron chi connectivity index (χ2n) is 6.23. The topological polar surface area (TPSA) is 78.0 Å². The molecule has 1 heterocycles. The van der Waals surface area contributed by atoms with Crippen LogP contribution in [0, 0.1) is 0 Å². The predicted octanol–water partition coefficient (Wildman–Crippen LogP) is 4.62. The van der Waals surface area contributed by atoms with Crippen LogP contribution in [0.4, 0.5) is 0 Å². The lowest BCUT2D eigenvalue weighted by molar-refractivity contribution is 0.596. The first-order valence-corrected chi connectivity index (χ1v) is 10.8. The van der Waals surface area contributed by atoms with Gasteiger partial charge in [0.05, 0.1) is 5.69 Å².